The molecule has 0 aliphatic carbocycles. The van der Waals surface area contributed by atoms with Gasteiger partial charge in [-0.2, -0.15) is 13.2 Å². The molecular weight excluding hydrogens is 323 g/mol. The summed E-state index contributed by atoms with van der Waals surface area (Å²) in [4.78, 5) is 13.7. The van der Waals surface area contributed by atoms with Crippen molar-refractivity contribution in [3.8, 4) is 5.75 Å². The summed E-state index contributed by atoms with van der Waals surface area (Å²) in [6.07, 6.45) is -5.83. The standard InChI is InChI=1S/C14H15ClF3NO3/c1-22-10-4-2-3-9(15)11(10)12(20)19-7-5-13(21,6-8-19)14(16,17)18/h2-4,21H,5-8H2,1H3. The van der Waals surface area contributed by atoms with Gasteiger partial charge in [-0.15, -0.1) is 0 Å². The van der Waals surface area contributed by atoms with Crippen LogP contribution in [0.4, 0.5) is 13.2 Å². The topological polar surface area (TPSA) is 49.8 Å². The first kappa shape index (κ1) is 16.9. The minimum absolute atomic E-state index is 0.115. The maximum absolute atomic E-state index is 12.8. The van der Waals surface area contributed by atoms with E-state index in [0.717, 1.165) is 0 Å². The Morgan fingerprint density at radius 1 is 1.36 bits per heavy atom. The van der Waals surface area contributed by atoms with Crippen LogP contribution in [0.1, 0.15) is 23.2 Å². The van der Waals surface area contributed by atoms with Crippen molar-refractivity contribution in [2.75, 3.05) is 20.2 Å². The van der Waals surface area contributed by atoms with Gasteiger partial charge in [-0.25, -0.2) is 0 Å². The van der Waals surface area contributed by atoms with E-state index in [0.29, 0.717) is 0 Å². The quantitative estimate of drug-likeness (QED) is 0.902. The lowest BCUT2D eigenvalue weighted by atomic mass is 9.90. The van der Waals surface area contributed by atoms with Crippen LogP contribution >= 0.6 is 11.6 Å². The fourth-order valence-electron chi connectivity index (χ4n) is 2.40. The van der Waals surface area contributed by atoms with Crippen molar-refractivity contribution in [3.63, 3.8) is 0 Å². The largest absolute Gasteiger partial charge is 0.496 e. The van der Waals surface area contributed by atoms with Gasteiger partial charge in [-0.1, -0.05) is 17.7 Å². The Bertz CT molecular complexity index is 569. The summed E-state index contributed by atoms with van der Waals surface area (Å²) in [6, 6.07) is 4.67. The van der Waals surface area contributed by atoms with Crippen LogP contribution in [-0.4, -0.2) is 47.9 Å². The zero-order valence-corrected chi connectivity index (χ0v) is 12.5. The molecule has 1 aliphatic heterocycles. The Morgan fingerprint density at radius 2 is 1.95 bits per heavy atom. The lowest BCUT2D eigenvalue weighted by Crippen LogP contribution is -2.54. The summed E-state index contributed by atoms with van der Waals surface area (Å²) < 4.78 is 43.4. The van der Waals surface area contributed by atoms with E-state index < -0.39 is 30.5 Å². The van der Waals surface area contributed by atoms with Crippen molar-refractivity contribution < 1.29 is 27.8 Å². The maximum atomic E-state index is 12.8. The van der Waals surface area contributed by atoms with Gasteiger partial charge in [0.25, 0.3) is 5.91 Å². The molecule has 0 bridgehead atoms. The molecule has 1 amide bonds. The summed E-state index contributed by atoms with van der Waals surface area (Å²) in [6.45, 7) is -0.410. The molecule has 1 saturated heterocycles. The SMILES string of the molecule is COc1cccc(Cl)c1C(=O)N1CCC(O)(C(F)(F)F)CC1. The van der Waals surface area contributed by atoms with Gasteiger partial charge in [-0.3, -0.25) is 4.79 Å². The molecule has 0 radical (unpaired) electrons. The van der Waals surface area contributed by atoms with Gasteiger partial charge in [-0.05, 0) is 12.1 Å². The first-order valence-corrected chi connectivity index (χ1v) is 6.98. The van der Waals surface area contributed by atoms with Crippen LogP contribution < -0.4 is 4.74 Å². The minimum Gasteiger partial charge on any atom is -0.496 e. The van der Waals surface area contributed by atoms with E-state index in [-0.39, 0.29) is 29.4 Å². The zero-order chi connectivity index (χ0) is 16.5. The number of ether oxygens (including phenoxy) is 1. The van der Waals surface area contributed by atoms with Gasteiger partial charge >= 0.3 is 6.18 Å². The number of benzene rings is 1. The Hall–Kier alpha value is -1.47. The first-order valence-electron chi connectivity index (χ1n) is 6.60. The number of amides is 1. The van der Waals surface area contributed by atoms with E-state index in [1.807, 2.05) is 0 Å². The molecular formula is C14H15ClF3NO3. The number of halogens is 4. The summed E-state index contributed by atoms with van der Waals surface area (Å²) in [5, 5.41) is 9.79. The van der Waals surface area contributed by atoms with E-state index in [1.165, 1.54) is 18.1 Å². The number of likely N-dealkylation sites (tertiary alicyclic amines) is 1. The highest BCUT2D eigenvalue weighted by Gasteiger charge is 2.55. The normalized spacial score (nSPS) is 18.2. The molecule has 1 aromatic rings. The van der Waals surface area contributed by atoms with Crippen LogP contribution in [0, 0.1) is 0 Å². The molecule has 0 spiro atoms. The van der Waals surface area contributed by atoms with E-state index in [9.17, 15) is 23.1 Å². The van der Waals surface area contributed by atoms with Crippen LogP contribution in [0.3, 0.4) is 0 Å². The number of rotatable bonds is 2. The minimum atomic E-state index is -4.70. The van der Waals surface area contributed by atoms with Gasteiger partial charge in [0.1, 0.15) is 11.3 Å². The third kappa shape index (κ3) is 3.01. The number of carbonyl (C=O) groups excluding carboxylic acids is 1. The molecule has 22 heavy (non-hydrogen) atoms. The molecule has 1 fully saturated rings. The molecule has 2 rings (SSSR count). The number of piperidine rings is 1. The lowest BCUT2D eigenvalue weighted by Gasteiger charge is -2.39. The van der Waals surface area contributed by atoms with Gasteiger partial charge in [0.2, 0.25) is 0 Å². The molecule has 1 aromatic carbocycles. The van der Waals surface area contributed by atoms with Crippen molar-refractivity contribution in [1.82, 2.24) is 4.90 Å². The predicted molar refractivity (Wildman–Crippen MR) is 74.1 cm³/mol. The second-order valence-electron chi connectivity index (χ2n) is 5.14. The number of carbonyl (C=O) groups is 1. The van der Waals surface area contributed by atoms with Gasteiger partial charge in [0, 0.05) is 25.9 Å². The van der Waals surface area contributed by atoms with Crippen molar-refractivity contribution in [1.29, 1.82) is 0 Å². The highest BCUT2D eigenvalue weighted by molar-refractivity contribution is 6.34. The van der Waals surface area contributed by atoms with Crippen LogP contribution in [0.2, 0.25) is 5.02 Å². The first-order chi connectivity index (χ1) is 10.2. The number of methoxy groups -OCH3 is 1. The number of hydrogen-bond donors (Lipinski definition) is 1. The zero-order valence-electron chi connectivity index (χ0n) is 11.8. The molecule has 1 heterocycles. The number of aliphatic hydroxyl groups is 1. The van der Waals surface area contributed by atoms with E-state index in [2.05, 4.69) is 0 Å². The van der Waals surface area contributed by atoms with Crippen LogP contribution in [0.25, 0.3) is 0 Å². The highest BCUT2D eigenvalue weighted by atomic mass is 35.5. The maximum Gasteiger partial charge on any atom is 0.417 e. The fourth-order valence-corrected chi connectivity index (χ4v) is 2.65. The van der Waals surface area contributed by atoms with E-state index >= 15 is 0 Å². The lowest BCUT2D eigenvalue weighted by molar-refractivity contribution is -0.271. The average molecular weight is 338 g/mol. The van der Waals surface area contributed by atoms with Crippen molar-refractivity contribution in [2.24, 2.45) is 0 Å². The second kappa shape index (κ2) is 5.96. The number of alkyl halides is 3. The van der Waals surface area contributed by atoms with Crippen LogP contribution in [0.15, 0.2) is 18.2 Å². The molecule has 0 saturated carbocycles. The third-order valence-electron chi connectivity index (χ3n) is 3.81. The van der Waals surface area contributed by atoms with Crippen LogP contribution in [0.5, 0.6) is 5.75 Å². The van der Waals surface area contributed by atoms with Crippen molar-refractivity contribution in [3.05, 3.63) is 28.8 Å². The molecule has 122 valence electrons. The molecule has 8 heteroatoms. The monoisotopic (exact) mass is 337 g/mol. The summed E-state index contributed by atoms with van der Waals surface area (Å²) in [7, 11) is 1.38. The van der Waals surface area contributed by atoms with Gasteiger partial charge < -0.3 is 14.7 Å². The summed E-state index contributed by atoms with van der Waals surface area (Å²) in [5.74, 6) is -0.249. The molecule has 0 atom stereocenters. The van der Waals surface area contributed by atoms with Gasteiger partial charge in [0.15, 0.2) is 5.60 Å². The molecule has 4 nitrogen and oxygen atoms in total. The predicted octanol–water partition coefficient (Wildman–Crippen LogP) is 2.88. The Morgan fingerprint density at radius 3 is 2.45 bits per heavy atom. The summed E-state index contributed by atoms with van der Waals surface area (Å²) in [5.41, 5.74) is -2.63. The number of hydrogen-bond acceptors (Lipinski definition) is 3. The Kier molecular flexibility index (Phi) is 4.58. The van der Waals surface area contributed by atoms with Crippen LogP contribution in [-0.2, 0) is 0 Å². The average Bonchev–Trinajstić information content (AvgIpc) is 2.46. The smallest absolute Gasteiger partial charge is 0.417 e. The number of nitrogens with zero attached hydrogens (tertiary/aromatic N) is 1. The Labute approximate surface area is 130 Å². The van der Waals surface area contributed by atoms with E-state index in [4.69, 9.17) is 16.3 Å². The highest BCUT2D eigenvalue weighted by Crippen LogP contribution is 2.39. The van der Waals surface area contributed by atoms with E-state index in [1.54, 1.807) is 12.1 Å². The van der Waals surface area contributed by atoms with Crippen molar-refractivity contribution >= 4 is 17.5 Å². The van der Waals surface area contributed by atoms with Gasteiger partial charge in [0.05, 0.1) is 12.1 Å². The summed E-state index contributed by atoms with van der Waals surface area (Å²) >= 11 is 5.99. The second-order valence-corrected chi connectivity index (χ2v) is 5.55. The third-order valence-corrected chi connectivity index (χ3v) is 4.13. The fraction of sp³-hybridized carbons (Fsp3) is 0.500. The molecule has 0 unspecified atom stereocenters. The Balaban J connectivity index is 2.18. The molecule has 1 N–H and O–H groups in total. The molecule has 0 aromatic heterocycles. The van der Waals surface area contributed by atoms with Crippen molar-refractivity contribution in [2.45, 2.75) is 24.6 Å². The molecule has 1 aliphatic rings.